The lowest BCUT2D eigenvalue weighted by Gasteiger charge is -2.52. The second kappa shape index (κ2) is 32.9. The first-order valence-electron chi connectivity index (χ1n) is 25.8. The van der Waals surface area contributed by atoms with E-state index in [1.165, 1.54) is 13.8 Å². The average molecular weight is 1470 g/mol. The van der Waals surface area contributed by atoms with E-state index in [4.69, 9.17) is 80.5 Å². The summed E-state index contributed by atoms with van der Waals surface area (Å²) in [5.41, 5.74) is 0. The molecule has 0 N–H and O–H groups in total. The molecule has 0 aromatic heterocycles. The highest BCUT2D eigenvalue weighted by molar-refractivity contribution is 7.82. The van der Waals surface area contributed by atoms with Crippen molar-refractivity contribution in [1.29, 1.82) is 0 Å². The lowest BCUT2D eigenvalue weighted by Crippen LogP contribution is -2.70. The van der Waals surface area contributed by atoms with Gasteiger partial charge in [0.15, 0.2) is 31.3 Å². The fourth-order valence-corrected chi connectivity index (χ4v) is 12.8. The number of aliphatic carboxylic acids is 2. The Morgan fingerprint density at radius 1 is 0.348 bits per heavy atom. The van der Waals surface area contributed by atoms with Crippen LogP contribution in [0.4, 0.5) is 0 Å². The van der Waals surface area contributed by atoms with E-state index in [2.05, 4.69) is 25.1 Å². The molecule has 5 heterocycles. The highest BCUT2D eigenvalue weighted by Gasteiger charge is 2.60. The quantitative estimate of drug-likeness (QED) is 0.0426. The monoisotopic (exact) mass is 1470 g/mol. The van der Waals surface area contributed by atoms with Crippen LogP contribution in [0.5, 0.6) is 0 Å². The SMILES string of the molecule is CO[C@@H]1[C@@H](OC)[C@H](O[C@H]2[C@H](OS(=O)(=O)[O-])[C@@H](OS(=O)(=O)[O-])[C@@H](O[C@@H]3C(C(=O)[O-])O[C@@H](O[C@H]4[C@H](OC)[C@@H](OS(=O)(=O)[O-])[C@@H](C)O[C@@H]4COS(=O)(=O)[O-])[C@H](OC)[C@H]3OC)O[C@@H]2COS(=O)(=O)[O-])O[C@H](C(=O)[O-])[C@H]1O[C@H]1O[C@H](COS(=O)(=O)[O-])[C@@H](OC(C)C)[C@H](OC)[C@H]1OC. The zero-order valence-corrected chi connectivity index (χ0v) is 53.9. The van der Waals surface area contributed by atoms with E-state index in [-0.39, 0.29) is 0 Å². The van der Waals surface area contributed by atoms with E-state index in [0.717, 1.165) is 56.7 Å². The minimum atomic E-state index is -6.44. The van der Waals surface area contributed by atoms with Gasteiger partial charge < -0.3 is 128 Å². The van der Waals surface area contributed by atoms with Gasteiger partial charge in [0, 0.05) is 49.8 Å². The number of carboxylic acids is 2. The molecule has 92 heavy (non-hydrogen) atoms. The molecular formula is C41H62O45S6-8. The molecule has 1 unspecified atom stereocenters. The van der Waals surface area contributed by atoms with Crippen molar-refractivity contribution in [2.24, 2.45) is 0 Å². The summed E-state index contributed by atoms with van der Waals surface area (Å²) in [6.07, 6.45) is -56.5. The Morgan fingerprint density at radius 3 is 0.946 bits per heavy atom. The third kappa shape index (κ3) is 22.0. The van der Waals surface area contributed by atoms with Gasteiger partial charge in [0.05, 0.1) is 44.0 Å². The molecule has 540 valence electrons. The molecular weight excluding hydrogens is 1400 g/mol. The molecule has 51 heteroatoms. The van der Waals surface area contributed by atoms with Crippen LogP contribution in [0.1, 0.15) is 20.8 Å². The summed E-state index contributed by atoms with van der Waals surface area (Å²) in [6, 6.07) is 0. The second-order valence-corrected chi connectivity index (χ2v) is 26.1. The van der Waals surface area contributed by atoms with Gasteiger partial charge in [-0.3, -0.25) is 25.1 Å². The van der Waals surface area contributed by atoms with Gasteiger partial charge >= 0.3 is 0 Å². The maximum atomic E-state index is 13.2. The number of rotatable bonds is 34. The molecule has 45 nitrogen and oxygen atoms in total. The maximum absolute atomic E-state index is 13.2. The summed E-state index contributed by atoms with van der Waals surface area (Å²) < 4.78 is 340. The summed E-state index contributed by atoms with van der Waals surface area (Å²) in [5, 5.41) is 26.3. The molecule has 0 aromatic carbocycles. The van der Waals surface area contributed by atoms with Crippen molar-refractivity contribution >= 4 is 74.3 Å². The second-order valence-electron chi connectivity index (χ2n) is 19.9. The molecule has 0 aliphatic carbocycles. The van der Waals surface area contributed by atoms with Crippen molar-refractivity contribution in [2.45, 2.75) is 180 Å². The number of carbonyl (C=O) groups excluding carboxylic acids is 2. The predicted octanol–water partition coefficient (Wildman–Crippen LogP) is -10.4. The molecule has 0 spiro atoms. The third-order valence-electron chi connectivity index (χ3n) is 13.8. The summed E-state index contributed by atoms with van der Waals surface area (Å²) in [6.45, 7) is -0.0632. The molecule has 5 aliphatic heterocycles. The van der Waals surface area contributed by atoms with Gasteiger partial charge in [0.2, 0.25) is 62.4 Å². The maximum Gasteiger partial charge on any atom is 0.218 e. The molecule has 0 radical (unpaired) electrons. The van der Waals surface area contributed by atoms with Crippen LogP contribution in [-0.4, -0.2) is 319 Å². The fraction of sp³-hybridized carbons (Fsp3) is 0.951. The minimum absolute atomic E-state index is 0.670. The summed E-state index contributed by atoms with van der Waals surface area (Å²) in [4.78, 5) is 26.3. The van der Waals surface area contributed by atoms with Crippen molar-refractivity contribution in [1.82, 2.24) is 0 Å². The van der Waals surface area contributed by atoms with Crippen LogP contribution in [0.2, 0.25) is 0 Å². The highest BCUT2D eigenvalue weighted by atomic mass is 32.3. The molecule has 5 rings (SSSR count). The van der Waals surface area contributed by atoms with E-state index in [1.807, 2.05) is 0 Å². The van der Waals surface area contributed by atoms with Gasteiger partial charge in [-0.2, -0.15) is 0 Å². The average Bonchev–Trinajstić information content (AvgIpc) is 0.797. The Kier molecular flexibility index (Phi) is 28.7. The Bertz CT molecular complexity index is 3120. The van der Waals surface area contributed by atoms with E-state index < -0.39 is 254 Å². The number of methoxy groups -OCH3 is 7. The lowest BCUT2D eigenvalue weighted by atomic mass is 9.94. The molecule has 5 saturated heterocycles. The highest BCUT2D eigenvalue weighted by Crippen LogP contribution is 2.41. The molecule has 0 saturated carbocycles. The standard InChI is InChI=1S/C41H70O45S6/c1-14(2)74-20-17(12-72-88(49,50)51)76-38(32(68-8)24(20)65-5)80-27-25(66-6)34(70-10)40(83-30(27)36(42)43)79-22-18(13-73-89(52,53)54)77-41(35(86-92(61,62)63)29(22)85-91(58,59)60)81-28-26(67-7)33(69-9)39(82-31(28)37(44)45)78-21-16(11-71-87(46,47)48)75-15(3)19(23(21)64-4)84-90(55,56)57/h14-35,38-41H,11-13H2,1-10H3,(H,42,43)(H,44,45)(H,46,47,48)(H,49,50,51)(H,52,53,54)(H,55,56,57)(H,58,59,60)(H,61,62,63)/p-8/t15-,16-,17-,18-,19+,20-,21-,22-,23-,24+,25+,26+,27+,28+,29+,30+,31?,32-,33-,34-,35-,38-,39-,40-,41-/m1/s1. The predicted molar refractivity (Wildman–Crippen MR) is 265 cm³/mol. The van der Waals surface area contributed by atoms with Gasteiger partial charge in [-0.1, -0.05) is 0 Å². The van der Waals surface area contributed by atoms with Gasteiger partial charge in [-0.25, -0.2) is 50.5 Å². The molecule has 5 aliphatic rings. The summed E-state index contributed by atoms with van der Waals surface area (Å²) in [5.74, 6) is -4.68. The summed E-state index contributed by atoms with van der Waals surface area (Å²) >= 11 is 0. The topological polar surface area (TPSA) is 636 Å². The fourth-order valence-electron chi connectivity index (χ4n) is 10.4. The number of carbonyl (C=O) groups is 2. The van der Waals surface area contributed by atoms with E-state index in [9.17, 15) is 97.6 Å². The van der Waals surface area contributed by atoms with Crippen molar-refractivity contribution in [3.8, 4) is 0 Å². The third-order valence-corrected chi connectivity index (χ3v) is 16.5. The number of carboxylic acid groups (broad SMARTS) is 2. The van der Waals surface area contributed by atoms with E-state index in [0.29, 0.717) is 0 Å². The molecule has 0 aromatic rings. The van der Waals surface area contributed by atoms with Crippen LogP contribution in [0.3, 0.4) is 0 Å². The lowest BCUT2D eigenvalue weighted by molar-refractivity contribution is -0.400. The van der Waals surface area contributed by atoms with Crippen LogP contribution in [-0.2, 0) is 178 Å². The van der Waals surface area contributed by atoms with Crippen LogP contribution >= 0.6 is 0 Å². The van der Waals surface area contributed by atoms with Crippen LogP contribution in [0, 0.1) is 0 Å². The van der Waals surface area contributed by atoms with Crippen molar-refractivity contribution < 1.29 is 203 Å². The van der Waals surface area contributed by atoms with Crippen molar-refractivity contribution in [3.05, 3.63) is 0 Å². The Labute approximate surface area is 525 Å². The largest absolute Gasteiger partial charge is 0.726 e. The van der Waals surface area contributed by atoms with E-state index in [1.54, 1.807) is 0 Å². The molecule has 25 atom stereocenters. The van der Waals surface area contributed by atoms with Gasteiger partial charge in [0.25, 0.3) is 0 Å². The first-order chi connectivity index (χ1) is 42.4. The van der Waals surface area contributed by atoms with E-state index >= 15 is 0 Å². The normalized spacial score (nSPS) is 38.1. The van der Waals surface area contributed by atoms with Crippen LogP contribution in [0.25, 0.3) is 0 Å². The number of hydrogen-bond acceptors (Lipinski definition) is 45. The first kappa shape index (κ1) is 80.2. The van der Waals surface area contributed by atoms with Crippen LogP contribution < -0.4 is 10.2 Å². The molecule has 0 bridgehead atoms. The molecule has 0 amide bonds. The van der Waals surface area contributed by atoms with Gasteiger partial charge in [-0.15, -0.1) is 0 Å². The molecule has 5 fully saturated rings. The van der Waals surface area contributed by atoms with Gasteiger partial charge in [0.1, 0.15) is 116 Å². The van der Waals surface area contributed by atoms with Gasteiger partial charge in [-0.05, 0) is 20.8 Å². The number of hydrogen-bond donors (Lipinski definition) is 0. The Balaban J connectivity index is 1.60. The number of ether oxygens (including phenoxy) is 17. The zero-order valence-electron chi connectivity index (χ0n) is 49.0. The van der Waals surface area contributed by atoms with Crippen molar-refractivity contribution in [2.75, 3.05) is 69.6 Å². The minimum Gasteiger partial charge on any atom is -0.726 e. The smallest absolute Gasteiger partial charge is 0.218 e. The van der Waals surface area contributed by atoms with Crippen molar-refractivity contribution in [3.63, 3.8) is 0 Å². The Hall–Kier alpha value is -2.52. The first-order valence-corrected chi connectivity index (χ1v) is 33.8. The van der Waals surface area contributed by atoms with Crippen LogP contribution in [0.15, 0.2) is 0 Å². The Morgan fingerprint density at radius 2 is 0.620 bits per heavy atom. The summed E-state index contributed by atoms with van der Waals surface area (Å²) in [7, 11) is -29.2. The zero-order chi connectivity index (χ0) is 69.6.